The van der Waals surface area contributed by atoms with Gasteiger partial charge in [-0.3, -0.25) is 0 Å². The van der Waals surface area contributed by atoms with Crippen LogP contribution in [0.4, 0.5) is 0 Å². The summed E-state index contributed by atoms with van der Waals surface area (Å²) in [6, 6.07) is 0. The molecule has 1 saturated carbocycles. The molecule has 2 nitrogen and oxygen atoms in total. The van der Waals surface area contributed by atoms with Crippen molar-refractivity contribution >= 4 is 6.29 Å². The van der Waals surface area contributed by atoms with Crippen LogP contribution in [0.5, 0.6) is 0 Å². The SMILES string of the molecule is C/C=C/[C@H]1C[C@]1(C=O)CO. The highest BCUT2D eigenvalue weighted by Crippen LogP contribution is 2.51. The van der Waals surface area contributed by atoms with E-state index in [-0.39, 0.29) is 6.61 Å². The van der Waals surface area contributed by atoms with Gasteiger partial charge in [0.2, 0.25) is 0 Å². The Labute approximate surface area is 60.6 Å². The Kier molecular flexibility index (Phi) is 1.90. The predicted octanol–water partition coefficient (Wildman–Crippen LogP) is 0.760. The van der Waals surface area contributed by atoms with E-state index < -0.39 is 5.41 Å². The number of carbonyl (C=O) groups is 1. The smallest absolute Gasteiger partial charge is 0.129 e. The molecule has 2 heteroatoms. The van der Waals surface area contributed by atoms with Crippen LogP contribution in [0.3, 0.4) is 0 Å². The Bertz CT molecular complexity index is 163. The van der Waals surface area contributed by atoms with Crippen LogP contribution in [-0.2, 0) is 4.79 Å². The fourth-order valence-corrected chi connectivity index (χ4v) is 1.20. The minimum absolute atomic E-state index is 0.00843. The molecule has 1 N–H and O–H groups in total. The first-order chi connectivity index (χ1) is 4.79. The molecule has 2 atom stereocenters. The molecule has 1 fully saturated rings. The molecule has 0 heterocycles. The maximum atomic E-state index is 10.4. The highest BCUT2D eigenvalue weighted by molar-refractivity contribution is 5.65. The van der Waals surface area contributed by atoms with Gasteiger partial charge < -0.3 is 9.90 Å². The summed E-state index contributed by atoms with van der Waals surface area (Å²) in [6.07, 6.45) is 5.59. The highest BCUT2D eigenvalue weighted by atomic mass is 16.3. The lowest BCUT2D eigenvalue weighted by Gasteiger charge is -1.99. The first kappa shape index (κ1) is 7.48. The molecule has 1 aliphatic rings. The molecule has 10 heavy (non-hydrogen) atoms. The van der Waals surface area contributed by atoms with Crippen LogP contribution in [0.1, 0.15) is 13.3 Å². The van der Waals surface area contributed by atoms with E-state index in [1.807, 2.05) is 19.1 Å². The highest BCUT2D eigenvalue weighted by Gasteiger charge is 2.52. The zero-order valence-electron chi connectivity index (χ0n) is 6.08. The summed E-state index contributed by atoms with van der Waals surface area (Å²) < 4.78 is 0. The van der Waals surface area contributed by atoms with Crippen molar-refractivity contribution in [2.75, 3.05) is 6.61 Å². The number of hydrogen-bond donors (Lipinski definition) is 1. The van der Waals surface area contributed by atoms with E-state index in [1.165, 1.54) is 0 Å². The number of aliphatic hydroxyl groups is 1. The number of carbonyl (C=O) groups excluding carboxylic acids is 1. The molecule has 0 bridgehead atoms. The number of allylic oxidation sites excluding steroid dienone is 2. The van der Waals surface area contributed by atoms with Gasteiger partial charge in [-0.2, -0.15) is 0 Å². The van der Waals surface area contributed by atoms with Crippen LogP contribution in [-0.4, -0.2) is 18.0 Å². The van der Waals surface area contributed by atoms with Gasteiger partial charge in [0.05, 0.1) is 12.0 Å². The second-order valence-corrected chi connectivity index (χ2v) is 2.85. The molecule has 0 aliphatic heterocycles. The molecule has 0 saturated heterocycles. The van der Waals surface area contributed by atoms with E-state index in [4.69, 9.17) is 5.11 Å². The fourth-order valence-electron chi connectivity index (χ4n) is 1.20. The number of rotatable bonds is 3. The van der Waals surface area contributed by atoms with Crippen LogP contribution in [0, 0.1) is 11.3 Å². The van der Waals surface area contributed by atoms with Crippen LogP contribution < -0.4 is 0 Å². The summed E-state index contributed by atoms with van der Waals surface area (Å²) in [5.41, 5.74) is -0.410. The van der Waals surface area contributed by atoms with Gasteiger partial charge in [0.1, 0.15) is 6.29 Å². The summed E-state index contributed by atoms with van der Waals surface area (Å²) >= 11 is 0. The third-order valence-electron chi connectivity index (χ3n) is 2.13. The summed E-state index contributed by atoms with van der Waals surface area (Å²) in [6.45, 7) is 1.91. The molecule has 0 aromatic carbocycles. The van der Waals surface area contributed by atoms with Crippen molar-refractivity contribution in [1.29, 1.82) is 0 Å². The molecular weight excluding hydrogens is 128 g/mol. The van der Waals surface area contributed by atoms with Crippen LogP contribution in [0.2, 0.25) is 0 Å². The first-order valence-electron chi connectivity index (χ1n) is 3.49. The Morgan fingerprint density at radius 3 is 2.80 bits per heavy atom. The van der Waals surface area contributed by atoms with Gasteiger partial charge in [0.25, 0.3) is 0 Å². The Hall–Kier alpha value is -0.630. The molecule has 0 spiro atoms. The molecule has 0 aromatic rings. The molecular formula is C8H12O2. The van der Waals surface area contributed by atoms with E-state index in [9.17, 15) is 4.79 Å². The zero-order valence-corrected chi connectivity index (χ0v) is 6.08. The Morgan fingerprint density at radius 2 is 2.50 bits per heavy atom. The van der Waals surface area contributed by atoms with Gasteiger partial charge in [0.15, 0.2) is 0 Å². The van der Waals surface area contributed by atoms with Crippen molar-refractivity contribution in [2.24, 2.45) is 11.3 Å². The average Bonchev–Trinajstić information content (AvgIpc) is 2.65. The second kappa shape index (κ2) is 2.54. The molecule has 1 aliphatic carbocycles. The fraction of sp³-hybridized carbons (Fsp3) is 0.625. The van der Waals surface area contributed by atoms with Gasteiger partial charge >= 0.3 is 0 Å². The van der Waals surface area contributed by atoms with Crippen molar-refractivity contribution in [3.63, 3.8) is 0 Å². The minimum atomic E-state index is -0.410. The van der Waals surface area contributed by atoms with Gasteiger partial charge in [-0.25, -0.2) is 0 Å². The summed E-state index contributed by atoms with van der Waals surface area (Å²) in [5.74, 6) is 0.292. The lowest BCUT2D eigenvalue weighted by molar-refractivity contribution is -0.113. The first-order valence-corrected chi connectivity index (χ1v) is 3.49. The maximum absolute atomic E-state index is 10.4. The van der Waals surface area contributed by atoms with Crippen LogP contribution >= 0.6 is 0 Å². The Morgan fingerprint density at radius 1 is 1.80 bits per heavy atom. The maximum Gasteiger partial charge on any atom is 0.129 e. The van der Waals surface area contributed by atoms with Gasteiger partial charge in [-0.05, 0) is 19.3 Å². The Balaban J connectivity index is 2.52. The summed E-state index contributed by atoms with van der Waals surface area (Å²) in [4.78, 5) is 10.4. The number of hydrogen-bond acceptors (Lipinski definition) is 2. The third-order valence-corrected chi connectivity index (χ3v) is 2.13. The monoisotopic (exact) mass is 140 g/mol. The van der Waals surface area contributed by atoms with E-state index in [1.54, 1.807) is 0 Å². The molecule has 0 aromatic heterocycles. The van der Waals surface area contributed by atoms with Gasteiger partial charge in [0, 0.05) is 0 Å². The largest absolute Gasteiger partial charge is 0.395 e. The quantitative estimate of drug-likeness (QED) is 0.464. The second-order valence-electron chi connectivity index (χ2n) is 2.85. The number of aliphatic hydroxyl groups excluding tert-OH is 1. The number of aldehydes is 1. The van der Waals surface area contributed by atoms with E-state index >= 15 is 0 Å². The standard InChI is InChI=1S/C8H12O2/c1-2-3-7-4-8(7,5-9)6-10/h2-3,5,7,10H,4,6H2,1H3/b3-2+/t7-,8-/m0/s1. The third kappa shape index (κ3) is 0.991. The normalized spacial score (nSPS) is 38.4. The lowest BCUT2D eigenvalue weighted by atomic mass is 10.1. The molecule has 56 valence electrons. The average molecular weight is 140 g/mol. The molecule has 0 amide bonds. The van der Waals surface area contributed by atoms with Crippen molar-refractivity contribution in [3.8, 4) is 0 Å². The molecule has 0 radical (unpaired) electrons. The van der Waals surface area contributed by atoms with Crippen molar-refractivity contribution in [3.05, 3.63) is 12.2 Å². The topological polar surface area (TPSA) is 37.3 Å². The van der Waals surface area contributed by atoms with Gasteiger partial charge in [-0.15, -0.1) is 0 Å². The lowest BCUT2D eigenvalue weighted by Crippen LogP contribution is -2.10. The van der Waals surface area contributed by atoms with E-state index in [0.717, 1.165) is 12.7 Å². The van der Waals surface area contributed by atoms with Crippen molar-refractivity contribution in [2.45, 2.75) is 13.3 Å². The van der Waals surface area contributed by atoms with Gasteiger partial charge in [-0.1, -0.05) is 12.2 Å². The predicted molar refractivity (Wildman–Crippen MR) is 38.5 cm³/mol. The van der Waals surface area contributed by atoms with Crippen molar-refractivity contribution < 1.29 is 9.90 Å². The zero-order chi connectivity index (χ0) is 7.61. The molecule has 0 unspecified atom stereocenters. The molecule has 1 rings (SSSR count). The summed E-state index contributed by atoms with van der Waals surface area (Å²) in [7, 11) is 0. The minimum Gasteiger partial charge on any atom is -0.395 e. The van der Waals surface area contributed by atoms with E-state index in [0.29, 0.717) is 5.92 Å². The van der Waals surface area contributed by atoms with E-state index in [2.05, 4.69) is 0 Å². The summed E-state index contributed by atoms with van der Waals surface area (Å²) in [5, 5.41) is 8.79. The van der Waals surface area contributed by atoms with Crippen LogP contribution in [0.25, 0.3) is 0 Å². The van der Waals surface area contributed by atoms with Crippen molar-refractivity contribution in [1.82, 2.24) is 0 Å². The van der Waals surface area contributed by atoms with Crippen LogP contribution in [0.15, 0.2) is 12.2 Å².